The predicted octanol–water partition coefficient (Wildman–Crippen LogP) is 2.98. The Balaban J connectivity index is 2.12. The molecule has 0 aliphatic carbocycles. The molecule has 0 spiro atoms. The van der Waals surface area contributed by atoms with Crippen LogP contribution in [-0.2, 0) is 0 Å². The van der Waals surface area contributed by atoms with E-state index in [1.807, 2.05) is 30.3 Å². The number of rotatable bonds is 3. The number of likely N-dealkylation sites (tertiary alicyclic amines) is 1. The number of hydrogen-bond acceptors (Lipinski definition) is 2. The van der Waals surface area contributed by atoms with Crippen molar-refractivity contribution in [3.05, 3.63) is 35.9 Å². The number of hydrogen-bond donors (Lipinski definition) is 1. The van der Waals surface area contributed by atoms with E-state index in [0.29, 0.717) is 12.1 Å². The number of nitrogens with zero attached hydrogens (tertiary/aromatic N) is 1. The van der Waals surface area contributed by atoms with E-state index in [4.69, 9.17) is 0 Å². The van der Waals surface area contributed by atoms with Gasteiger partial charge in [0.1, 0.15) is 0 Å². The minimum atomic E-state index is -0.390. The summed E-state index contributed by atoms with van der Waals surface area (Å²) in [6.45, 7) is 6.66. The lowest BCUT2D eigenvalue weighted by Gasteiger charge is -2.35. The molecule has 1 N–H and O–H groups in total. The molecule has 0 bridgehead atoms. The highest BCUT2D eigenvalue weighted by Crippen LogP contribution is 2.31. The number of aliphatic hydroxyl groups is 1. The van der Waals surface area contributed by atoms with Crippen molar-refractivity contribution in [3.8, 4) is 0 Å². The van der Waals surface area contributed by atoms with E-state index >= 15 is 0 Å². The van der Waals surface area contributed by atoms with Gasteiger partial charge in [-0.15, -0.1) is 0 Å². The van der Waals surface area contributed by atoms with E-state index in [0.717, 1.165) is 5.56 Å². The van der Waals surface area contributed by atoms with Crippen molar-refractivity contribution in [2.45, 2.75) is 57.8 Å². The van der Waals surface area contributed by atoms with E-state index < -0.39 is 0 Å². The molecule has 0 radical (unpaired) electrons. The van der Waals surface area contributed by atoms with Crippen molar-refractivity contribution in [3.63, 3.8) is 0 Å². The topological polar surface area (TPSA) is 23.5 Å². The summed E-state index contributed by atoms with van der Waals surface area (Å²) in [5.74, 6) is 0. The van der Waals surface area contributed by atoms with Crippen molar-refractivity contribution in [2.75, 3.05) is 0 Å². The summed E-state index contributed by atoms with van der Waals surface area (Å²) in [6, 6.07) is 11.3. The largest absolute Gasteiger partial charge is 0.387 e. The first-order valence-corrected chi connectivity index (χ1v) is 6.61. The van der Waals surface area contributed by atoms with Crippen molar-refractivity contribution in [1.82, 2.24) is 4.90 Å². The van der Waals surface area contributed by atoms with Crippen LogP contribution in [0.3, 0.4) is 0 Å². The molecule has 2 heteroatoms. The van der Waals surface area contributed by atoms with Crippen LogP contribution in [0.5, 0.6) is 0 Å². The van der Waals surface area contributed by atoms with Crippen LogP contribution in [-0.4, -0.2) is 28.1 Å². The molecular formula is C15H23NO. The molecule has 1 heterocycles. The Morgan fingerprint density at radius 1 is 1.12 bits per heavy atom. The van der Waals surface area contributed by atoms with Crippen LogP contribution < -0.4 is 0 Å². The van der Waals surface area contributed by atoms with Gasteiger partial charge in [-0.1, -0.05) is 30.3 Å². The monoisotopic (exact) mass is 233 g/mol. The molecule has 1 aliphatic heterocycles. The molecule has 2 rings (SSSR count). The molecule has 0 saturated carbocycles. The van der Waals surface area contributed by atoms with E-state index in [-0.39, 0.29) is 12.1 Å². The Morgan fingerprint density at radius 2 is 1.65 bits per heavy atom. The van der Waals surface area contributed by atoms with Gasteiger partial charge in [-0.3, -0.25) is 4.90 Å². The first-order chi connectivity index (χ1) is 8.11. The van der Waals surface area contributed by atoms with E-state index in [1.54, 1.807) is 0 Å². The smallest absolute Gasteiger partial charge is 0.0942 e. The summed E-state index contributed by atoms with van der Waals surface area (Å²) in [6.07, 6.45) is 2.10. The Morgan fingerprint density at radius 3 is 2.18 bits per heavy atom. The minimum absolute atomic E-state index is 0.185. The normalized spacial score (nSPS) is 29.2. The zero-order chi connectivity index (χ0) is 12.4. The second kappa shape index (κ2) is 5.19. The van der Waals surface area contributed by atoms with Gasteiger partial charge in [0.15, 0.2) is 0 Å². The third-order valence-electron chi connectivity index (χ3n) is 4.09. The van der Waals surface area contributed by atoms with Crippen molar-refractivity contribution >= 4 is 0 Å². The van der Waals surface area contributed by atoms with Gasteiger partial charge in [0.05, 0.1) is 6.10 Å². The Kier molecular flexibility index (Phi) is 3.85. The Labute approximate surface area is 104 Å². The van der Waals surface area contributed by atoms with Gasteiger partial charge >= 0.3 is 0 Å². The summed E-state index contributed by atoms with van der Waals surface area (Å²) in [5, 5.41) is 10.4. The highest BCUT2D eigenvalue weighted by Gasteiger charge is 2.34. The summed E-state index contributed by atoms with van der Waals surface area (Å²) in [4.78, 5) is 2.46. The summed E-state index contributed by atoms with van der Waals surface area (Å²) in [5.41, 5.74) is 1.02. The highest BCUT2D eigenvalue weighted by molar-refractivity contribution is 5.19. The van der Waals surface area contributed by atoms with Gasteiger partial charge in [-0.2, -0.15) is 0 Å². The SMILES string of the molecule is CC1CCC(C)N1C(C)C(O)c1ccccc1. The first-order valence-electron chi connectivity index (χ1n) is 6.61. The van der Waals surface area contributed by atoms with E-state index in [9.17, 15) is 5.11 Å². The average Bonchev–Trinajstić information content (AvgIpc) is 2.68. The van der Waals surface area contributed by atoms with Crippen molar-refractivity contribution in [2.24, 2.45) is 0 Å². The van der Waals surface area contributed by atoms with Crippen LogP contribution in [0.4, 0.5) is 0 Å². The van der Waals surface area contributed by atoms with Crippen molar-refractivity contribution < 1.29 is 5.11 Å². The lowest BCUT2D eigenvalue weighted by atomic mass is 10.0. The quantitative estimate of drug-likeness (QED) is 0.867. The standard InChI is InChI=1S/C15H23NO/c1-11-9-10-12(2)16(11)13(3)15(17)14-7-5-4-6-8-14/h4-8,11-13,15,17H,9-10H2,1-3H3. The average molecular weight is 233 g/mol. The molecule has 1 saturated heterocycles. The predicted molar refractivity (Wildman–Crippen MR) is 70.9 cm³/mol. The van der Waals surface area contributed by atoms with E-state index in [1.165, 1.54) is 12.8 Å². The molecule has 0 aromatic heterocycles. The molecule has 1 fully saturated rings. The minimum Gasteiger partial charge on any atom is -0.387 e. The van der Waals surface area contributed by atoms with Crippen LogP contribution >= 0.6 is 0 Å². The zero-order valence-corrected chi connectivity index (χ0v) is 11.0. The molecule has 94 valence electrons. The molecular weight excluding hydrogens is 210 g/mol. The van der Waals surface area contributed by atoms with Gasteiger partial charge in [0, 0.05) is 18.1 Å². The summed E-state index contributed by atoms with van der Waals surface area (Å²) in [7, 11) is 0. The van der Waals surface area contributed by atoms with Gasteiger partial charge < -0.3 is 5.11 Å². The maximum atomic E-state index is 10.4. The maximum absolute atomic E-state index is 10.4. The number of benzene rings is 1. The highest BCUT2D eigenvalue weighted by atomic mass is 16.3. The second-order valence-corrected chi connectivity index (χ2v) is 5.32. The second-order valence-electron chi connectivity index (χ2n) is 5.32. The van der Waals surface area contributed by atoms with Crippen LogP contribution in [0.15, 0.2) is 30.3 Å². The van der Waals surface area contributed by atoms with Crippen LogP contribution in [0.1, 0.15) is 45.3 Å². The third-order valence-corrected chi connectivity index (χ3v) is 4.09. The van der Waals surface area contributed by atoms with Gasteiger partial charge in [0.25, 0.3) is 0 Å². The summed E-state index contributed by atoms with van der Waals surface area (Å²) >= 11 is 0. The van der Waals surface area contributed by atoms with Crippen LogP contribution in [0.25, 0.3) is 0 Å². The number of aliphatic hydroxyl groups excluding tert-OH is 1. The fourth-order valence-electron chi connectivity index (χ4n) is 3.11. The summed E-state index contributed by atoms with van der Waals surface area (Å²) < 4.78 is 0. The molecule has 4 atom stereocenters. The molecule has 0 amide bonds. The van der Waals surface area contributed by atoms with Crippen molar-refractivity contribution in [1.29, 1.82) is 0 Å². The van der Waals surface area contributed by atoms with Gasteiger partial charge in [-0.05, 0) is 39.2 Å². The van der Waals surface area contributed by atoms with Crippen LogP contribution in [0, 0.1) is 0 Å². The molecule has 2 nitrogen and oxygen atoms in total. The fourth-order valence-corrected chi connectivity index (χ4v) is 3.11. The molecule has 17 heavy (non-hydrogen) atoms. The van der Waals surface area contributed by atoms with Gasteiger partial charge in [-0.25, -0.2) is 0 Å². The third kappa shape index (κ3) is 2.53. The maximum Gasteiger partial charge on any atom is 0.0942 e. The zero-order valence-electron chi connectivity index (χ0n) is 11.0. The Bertz CT molecular complexity index is 341. The van der Waals surface area contributed by atoms with Gasteiger partial charge in [0.2, 0.25) is 0 Å². The molecule has 4 unspecified atom stereocenters. The molecule has 1 aromatic rings. The first kappa shape index (κ1) is 12.6. The fraction of sp³-hybridized carbons (Fsp3) is 0.600. The van der Waals surface area contributed by atoms with E-state index in [2.05, 4.69) is 25.7 Å². The lowest BCUT2D eigenvalue weighted by molar-refractivity contribution is 0.0355. The Hall–Kier alpha value is -0.860. The lowest BCUT2D eigenvalue weighted by Crippen LogP contribution is -2.43. The molecule has 1 aromatic carbocycles. The van der Waals surface area contributed by atoms with Crippen LogP contribution in [0.2, 0.25) is 0 Å². The molecule has 1 aliphatic rings.